The van der Waals surface area contributed by atoms with E-state index in [0.717, 1.165) is 49.1 Å². The topological polar surface area (TPSA) is 88.6 Å². The predicted octanol–water partition coefficient (Wildman–Crippen LogP) is 4.31. The average Bonchev–Trinajstić information content (AvgIpc) is 3.31. The number of halogens is 3. The van der Waals surface area contributed by atoms with E-state index >= 15 is 0 Å². The molecule has 10 heteroatoms. The van der Waals surface area contributed by atoms with Gasteiger partial charge in [0.25, 0.3) is 5.91 Å². The minimum atomic E-state index is -0.974. The van der Waals surface area contributed by atoms with Crippen molar-refractivity contribution in [1.29, 1.82) is 0 Å². The van der Waals surface area contributed by atoms with Crippen molar-refractivity contribution in [3.63, 3.8) is 0 Å². The molecule has 1 saturated heterocycles. The molecule has 1 aromatic heterocycles. The minimum Gasteiger partial charge on any atom is -0.465 e. The van der Waals surface area contributed by atoms with E-state index in [4.69, 9.17) is 0 Å². The molecule has 1 unspecified atom stereocenters. The Kier molecular flexibility index (Phi) is 7.12. The number of aromatic nitrogens is 1. The van der Waals surface area contributed by atoms with Gasteiger partial charge in [-0.3, -0.25) is 9.59 Å². The van der Waals surface area contributed by atoms with E-state index in [1.807, 2.05) is 0 Å². The summed E-state index contributed by atoms with van der Waals surface area (Å²) in [5.74, 6) is -3.96. The first-order chi connectivity index (χ1) is 18.7. The third-order valence-corrected chi connectivity index (χ3v) is 7.55. The number of rotatable bonds is 6. The maximum absolute atomic E-state index is 14.4. The first kappa shape index (κ1) is 26.4. The van der Waals surface area contributed by atoms with Crippen LogP contribution in [-0.4, -0.2) is 53.9 Å². The highest BCUT2D eigenvalue weighted by Gasteiger charge is 2.53. The zero-order valence-corrected chi connectivity index (χ0v) is 21.2. The summed E-state index contributed by atoms with van der Waals surface area (Å²) in [6, 6.07) is 11.8. The van der Waals surface area contributed by atoms with E-state index in [1.165, 1.54) is 13.2 Å². The van der Waals surface area contributed by atoms with E-state index in [9.17, 15) is 27.6 Å². The molecule has 39 heavy (non-hydrogen) atoms. The quantitative estimate of drug-likeness (QED) is 0.474. The maximum atomic E-state index is 14.4. The molecule has 2 heterocycles. The van der Waals surface area contributed by atoms with Crippen molar-refractivity contribution in [2.45, 2.75) is 31.7 Å². The SMILES string of the molecule is COC(=O)c1ccc(CC(=O)NC2CCCC23CN(C(=O)c2ccc(F)c(-c4c(F)cccc4F)n2)C3)cc1. The van der Waals surface area contributed by atoms with Gasteiger partial charge in [0.15, 0.2) is 0 Å². The third-order valence-electron chi connectivity index (χ3n) is 7.55. The molecule has 2 aromatic carbocycles. The van der Waals surface area contributed by atoms with Gasteiger partial charge < -0.3 is 15.0 Å². The third kappa shape index (κ3) is 5.10. The molecule has 1 aliphatic heterocycles. The summed E-state index contributed by atoms with van der Waals surface area (Å²) < 4.78 is 47.6. The second kappa shape index (κ2) is 10.5. The Hall–Kier alpha value is -4.21. The van der Waals surface area contributed by atoms with Crippen LogP contribution in [0.25, 0.3) is 11.3 Å². The number of pyridine rings is 1. The van der Waals surface area contributed by atoms with Crippen molar-refractivity contribution in [2.24, 2.45) is 5.41 Å². The van der Waals surface area contributed by atoms with Crippen LogP contribution in [0.2, 0.25) is 0 Å². The van der Waals surface area contributed by atoms with Gasteiger partial charge in [0, 0.05) is 24.5 Å². The molecule has 2 aliphatic rings. The van der Waals surface area contributed by atoms with Gasteiger partial charge in [-0.25, -0.2) is 22.9 Å². The zero-order chi connectivity index (χ0) is 27.7. The van der Waals surface area contributed by atoms with Crippen LogP contribution in [0, 0.1) is 22.9 Å². The van der Waals surface area contributed by atoms with Gasteiger partial charge in [-0.2, -0.15) is 0 Å². The van der Waals surface area contributed by atoms with Gasteiger partial charge in [0.05, 0.1) is 24.7 Å². The minimum absolute atomic E-state index is 0.113. The van der Waals surface area contributed by atoms with Gasteiger partial charge >= 0.3 is 5.97 Å². The summed E-state index contributed by atoms with van der Waals surface area (Å²) >= 11 is 0. The number of carbonyl (C=O) groups is 3. The van der Waals surface area contributed by atoms with Crippen LogP contribution < -0.4 is 5.32 Å². The van der Waals surface area contributed by atoms with Crippen LogP contribution >= 0.6 is 0 Å². The summed E-state index contributed by atoms with van der Waals surface area (Å²) in [6.45, 7) is 0.764. The number of esters is 1. The average molecular weight is 538 g/mol. The molecule has 0 bridgehead atoms. The lowest BCUT2D eigenvalue weighted by molar-refractivity contribution is -0.122. The Balaban J connectivity index is 1.23. The molecule has 1 spiro atoms. The molecule has 1 atom stereocenters. The van der Waals surface area contributed by atoms with Crippen molar-refractivity contribution in [1.82, 2.24) is 15.2 Å². The fraction of sp³-hybridized carbons (Fsp3) is 0.310. The van der Waals surface area contributed by atoms with Gasteiger partial charge in [0.2, 0.25) is 5.91 Å². The monoisotopic (exact) mass is 537 g/mol. The molecule has 0 radical (unpaired) electrons. The molecule has 5 rings (SSSR count). The lowest BCUT2D eigenvalue weighted by Crippen LogP contribution is -2.65. The van der Waals surface area contributed by atoms with Crippen LogP contribution in [0.3, 0.4) is 0 Å². The van der Waals surface area contributed by atoms with Crippen molar-refractivity contribution < 1.29 is 32.3 Å². The number of hydrogen-bond acceptors (Lipinski definition) is 5. The highest BCUT2D eigenvalue weighted by Crippen LogP contribution is 2.46. The van der Waals surface area contributed by atoms with Gasteiger partial charge in [-0.1, -0.05) is 24.6 Å². The van der Waals surface area contributed by atoms with Crippen LogP contribution in [0.15, 0.2) is 54.6 Å². The molecular formula is C29H26F3N3O4. The number of ether oxygens (including phenoxy) is 1. The van der Waals surface area contributed by atoms with Crippen molar-refractivity contribution in [3.05, 3.63) is 88.9 Å². The molecule has 7 nitrogen and oxygen atoms in total. The summed E-state index contributed by atoms with van der Waals surface area (Å²) in [5, 5.41) is 3.10. The summed E-state index contributed by atoms with van der Waals surface area (Å²) in [5.41, 5.74) is -0.418. The van der Waals surface area contributed by atoms with E-state index in [2.05, 4.69) is 15.0 Å². The van der Waals surface area contributed by atoms with E-state index in [-0.39, 0.29) is 29.5 Å². The molecule has 3 aromatic rings. The number of nitrogens with one attached hydrogen (secondary N) is 1. The molecule has 1 N–H and O–H groups in total. The second-order valence-electron chi connectivity index (χ2n) is 10.0. The lowest BCUT2D eigenvalue weighted by Gasteiger charge is -2.51. The summed E-state index contributed by atoms with van der Waals surface area (Å²) in [4.78, 5) is 43.0. The van der Waals surface area contributed by atoms with Crippen LogP contribution in [0.5, 0.6) is 0 Å². The smallest absolute Gasteiger partial charge is 0.337 e. The maximum Gasteiger partial charge on any atom is 0.337 e. The van der Waals surface area contributed by atoms with Crippen molar-refractivity contribution >= 4 is 17.8 Å². The van der Waals surface area contributed by atoms with Gasteiger partial charge in [-0.15, -0.1) is 0 Å². The molecule has 2 fully saturated rings. The normalized spacial score (nSPS) is 17.5. The van der Waals surface area contributed by atoms with Crippen molar-refractivity contribution in [2.75, 3.05) is 20.2 Å². The first-order valence-corrected chi connectivity index (χ1v) is 12.6. The van der Waals surface area contributed by atoms with Gasteiger partial charge in [-0.05, 0) is 54.8 Å². The largest absolute Gasteiger partial charge is 0.465 e. The number of methoxy groups -OCH3 is 1. The van der Waals surface area contributed by atoms with E-state index < -0.39 is 40.6 Å². The second-order valence-corrected chi connectivity index (χ2v) is 10.0. The molecule has 1 saturated carbocycles. The van der Waals surface area contributed by atoms with Gasteiger partial charge in [0.1, 0.15) is 28.8 Å². The molecule has 2 amide bonds. The number of hydrogen-bond donors (Lipinski definition) is 1. The molecule has 202 valence electrons. The Labute approximate surface area is 223 Å². The van der Waals surface area contributed by atoms with Crippen LogP contribution in [0.1, 0.15) is 45.7 Å². The first-order valence-electron chi connectivity index (χ1n) is 12.6. The zero-order valence-electron chi connectivity index (χ0n) is 21.2. The highest BCUT2D eigenvalue weighted by atomic mass is 19.1. The Morgan fingerprint density at radius 1 is 1.00 bits per heavy atom. The Morgan fingerprint density at radius 2 is 1.69 bits per heavy atom. The number of benzene rings is 2. The fourth-order valence-electron chi connectivity index (χ4n) is 5.53. The van der Waals surface area contributed by atoms with E-state index in [1.54, 1.807) is 29.2 Å². The molecular weight excluding hydrogens is 511 g/mol. The Bertz CT molecular complexity index is 1420. The lowest BCUT2D eigenvalue weighted by atomic mass is 9.74. The standard InChI is InChI=1S/C29H26F3N3O4/c1-39-28(38)18-9-7-17(8-10-18)14-24(36)34-23-6-3-13-29(23)15-35(16-29)27(37)22-12-11-21(32)26(33-22)25-19(30)4-2-5-20(25)31/h2,4-5,7-12,23H,3,6,13-16H2,1H3,(H,34,36). The number of carbonyl (C=O) groups excluding carboxylic acids is 3. The highest BCUT2D eigenvalue weighted by molar-refractivity contribution is 5.93. The number of nitrogens with zero attached hydrogens (tertiary/aromatic N) is 2. The summed E-state index contributed by atoms with van der Waals surface area (Å²) in [7, 11) is 1.30. The Morgan fingerprint density at radius 3 is 2.36 bits per heavy atom. The fourth-order valence-corrected chi connectivity index (χ4v) is 5.53. The number of likely N-dealkylation sites (tertiary alicyclic amines) is 1. The van der Waals surface area contributed by atoms with Crippen LogP contribution in [0.4, 0.5) is 13.2 Å². The predicted molar refractivity (Wildman–Crippen MR) is 135 cm³/mol. The number of amides is 2. The van der Waals surface area contributed by atoms with Crippen molar-refractivity contribution in [3.8, 4) is 11.3 Å². The van der Waals surface area contributed by atoms with Crippen LogP contribution in [-0.2, 0) is 16.0 Å². The summed E-state index contributed by atoms with van der Waals surface area (Å²) in [6.07, 6.45) is 2.65. The van der Waals surface area contributed by atoms with E-state index in [0.29, 0.717) is 18.7 Å². The molecule has 1 aliphatic carbocycles.